The SMILES string of the molecule is CC#CCCC1=CC(=O)CCCC1. The zero-order valence-corrected chi connectivity index (χ0v) is 8.23. The van der Waals surface area contributed by atoms with Crippen molar-refractivity contribution in [2.75, 3.05) is 0 Å². The van der Waals surface area contributed by atoms with E-state index in [1.54, 1.807) is 0 Å². The molecule has 13 heavy (non-hydrogen) atoms. The number of allylic oxidation sites excluding steroid dienone is 2. The zero-order valence-electron chi connectivity index (χ0n) is 8.23. The summed E-state index contributed by atoms with van der Waals surface area (Å²) < 4.78 is 0. The van der Waals surface area contributed by atoms with Gasteiger partial charge in [-0.2, -0.15) is 0 Å². The second-order valence-corrected chi connectivity index (χ2v) is 3.40. The molecule has 0 aromatic heterocycles. The fourth-order valence-electron chi connectivity index (χ4n) is 1.57. The molecule has 0 fully saturated rings. The average molecular weight is 176 g/mol. The van der Waals surface area contributed by atoms with Gasteiger partial charge in [0.2, 0.25) is 0 Å². The topological polar surface area (TPSA) is 17.1 Å². The molecule has 0 atom stereocenters. The third-order valence-electron chi connectivity index (χ3n) is 2.28. The van der Waals surface area contributed by atoms with Crippen molar-refractivity contribution in [1.82, 2.24) is 0 Å². The van der Waals surface area contributed by atoms with Gasteiger partial charge in [0.25, 0.3) is 0 Å². The van der Waals surface area contributed by atoms with Crippen LogP contribution in [0.15, 0.2) is 11.6 Å². The third-order valence-corrected chi connectivity index (χ3v) is 2.28. The van der Waals surface area contributed by atoms with Crippen LogP contribution in [0.4, 0.5) is 0 Å². The van der Waals surface area contributed by atoms with Crippen molar-refractivity contribution < 1.29 is 4.79 Å². The fourth-order valence-corrected chi connectivity index (χ4v) is 1.57. The van der Waals surface area contributed by atoms with E-state index in [1.165, 1.54) is 5.57 Å². The summed E-state index contributed by atoms with van der Waals surface area (Å²) in [7, 11) is 0. The summed E-state index contributed by atoms with van der Waals surface area (Å²) in [5, 5.41) is 0. The highest BCUT2D eigenvalue weighted by molar-refractivity contribution is 5.90. The van der Waals surface area contributed by atoms with E-state index in [0.29, 0.717) is 5.78 Å². The molecular formula is C12H16O. The van der Waals surface area contributed by atoms with Gasteiger partial charge in [0.15, 0.2) is 5.78 Å². The maximum atomic E-state index is 11.2. The molecule has 0 aliphatic heterocycles. The Morgan fingerprint density at radius 2 is 2.15 bits per heavy atom. The number of carbonyl (C=O) groups excluding carboxylic acids is 1. The van der Waals surface area contributed by atoms with Gasteiger partial charge in [-0.3, -0.25) is 4.79 Å². The number of ketones is 1. The van der Waals surface area contributed by atoms with Gasteiger partial charge in [0.05, 0.1) is 0 Å². The number of hydrogen-bond acceptors (Lipinski definition) is 1. The minimum Gasteiger partial charge on any atom is -0.295 e. The lowest BCUT2D eigenvalue weighted by molar-refractivity contribution is -0.114. The quantitative estimate of drug-likeness (QED) is 0.591. The maximum Gasteiger partial charge on any atom is 0.155 e. The largest absolute Gasteiger partial charge is 0.295 e. The van der Waals surface area contributed by atoms with Crippen LogP contribution in [0.1, 0.15) is 45.4 Å². The van der Waals surface area contributed by atoms with Gasteiger partial charge in [-0.15, -0.1) is 11.8 Å². The molecule has 0 N–H and O–H groups in total. The van der Waals surface area contributed by atoms with E-state index in [9.17, 15) is 4.79 Å². The first kappa shape index (κ1) is 10.1. The van der Waals surface area contributed by atoms with Crippen LogP contribution in [-0.4, -0.2) is 5.78 Å². The highest BCUT2D eigenvalue weighted by Gasteiger charge is 2.07. The number of hydrogen-bond donors (Lipinski definition) is 0. The van der Waals surface area contributed by atoms with E-state index in [-0.39, 0.29) is 0 Å². The van der Waals surface area contributed by atoms with Crippen LogP contribution in [0, 0.1) is 11.8 Å². The van der Waals surface area contributed by atoms with E-state index in [2.05, 4.69) is 11.8 Å². The van der Waals surface area contributed by atoms with Crippen molar-refractivity contribution in [3.63, 3.8) is 0 Å². The zero-order chi connectivity index (χ0) is 9.52. The molecule has 1 heteroatoms. The Morgan fingerprint density at radius 3 is 2.92 bits per heavy atom. The highest BCUT2D eigenvalue weighted by Crippen LogP contribution is 2.18. The Kier molecular flexibility index (Phi) is 4.32. The van der Waals surface area contributed by atoms with E-state index in [4.69, 9.17) is 0 Å². The average Bonchev–Trinajstić information content (AvgIpc) is 2.31. The van der Waals surface area contributed by atoms with Gasteiger partial charge in [-0.25, -0.2) is 0 Å². The summed E-state index contributed by atoms with van der Waals surface area (Å²) in [6.07, 6.45) is 7.77. The van der Waals surface area contributed by atoms with Crippen molar-refractivity contribution in [1.29, 1.82) is 0 Å². The van der Waals surface area contributed by atoms with Gasteiger partial charge in [0, 0.05) is 12.8 Å². The summed E-state index contributed by atoms with van der Waals surface area (Å²) in [4.78, 5) is 11.2. The molecule has 70 valence electrons. The van der Waals surface area contributed by atoms with Gasteiger partial charge in [-0.05, 0) is 38.7 Å². The summed E-state index contributed by atoms with van der Waals surface area (Å²) in [6, 6.07) is 0. The van der Waals surface area contributed by atoms with Crippen LogP contribution in [0.3, 0.4) is 0 Å². The summed E-state index contributed by atoms with van der Waals surface area (Å²) in [5.41, 5.74) is 1.30. The van der Waals surface area contributed by atoms with Gasteiger partial charge >= 0.3 is 0 Å². The molecule has 0 spiro atoms. The molecule has 0 saturated heterocycles. The van der Waals surface area contributed by atoms with Crippen LogP contribution < -0.4 is 0 Å². The van der Waals surface area contributed by atoms with Crippen LogP contribution in [-0.2, 0) is 4.79 Å². The Labute approximate surface area is 80.2 Å². The lowest BCUT2D eigenvalue weighted by Gasteiger charge is -1.99. The second-order valence-electron chi connectivity index (χ2n) is 3.40. The molecule has 1 aliphatic rings. The Balaban J connectivity index is 2.44. The van der Waals surface area contributed by atoms with Crippen molar-refractivity contribution >= 4 is 5.78 Å². The molecular weight excluding hydrogens is 160 g/mol. The van der Waals surface area contributed by atoms with Crippen LogP contribution >= 0.6 is 0 Å². The molecule has 0 unspecified atom stereocenters. The molecule has 1 aliphatic carbocycles. The molecule has 1 rings (SSSR count). The maximum absolute atomic E-state index is 11.2. The van der Waals surface area contributed by atoms with E-state index in [1.807, 2.05) is 13.0 Å². The van der Waals surface area contributed by atoms with Crippen molar-refractivity contribution in [3.8, 4) is 11.8 Å². The summed E-state index contributed by atoms with van der Waals surface area (Å²) in [5.74, 6) is 6.20. The lowest BCUT2D eigenvalue weighted by atomic mass is 10.1. The fraction of sp³-hybridized carbons (Fsp3) is 0.583. The normalized spacial score (nSPS) is 17.0. The minimum absolute atomic E-state index is 0.303. The van der Waals surface area contributed by atoms with Crippen LogP contribution in [0.2, 0.25) is 0 Å². The van der Waals surface area contributed by atoms with Crippen molar-refractivity contribution in [2.24, 2.45) is 0 Å². The summed E-state index contributed by atoms with van der Waals surface area (Å²) in [6.45, 7) is 1.85. The Hall–Kier alpha value is -1.03. The summed E-state index contributed by atoms with van der Waals surface area (Å²) >= 11 is 0. The Bertz CT molecular complexity index is 263. The van der Waals surface area contributed by atoms with Crippen molar-refractivity contribution in [2.45, 2.75) is 45.4 Å². The van der Waals surface area contributed by atoms with Crippen LogP contribution in [0.25, 0.3) is 0 Å². The third kappa shape index (κ3) is 3.94. The molecule has 0 bridgehead atoms. The smallest absolute Gasteiger partial charge is 0.155 e. The van der Waals surface area contributed by atoms with Gasteiger partial charge < -0.3 is 0 Å². The van der Waals surface area contributed by atoms with Gasteiger partial charge in [-0.1, -0.05) is 5.57 Å². The highest BCUT2D eigenvalue weighted by atomic mass is 16.1. The first-order valence-corrected chi connectivity index (χ1v) is 4.95. The first-order chi connectivity index (χ1) is 6.33. The minimum atomic E-state index is 0.303. The van der Waals surface area contributed by atoms with E-state index < -0.39 is 0 Å². The van der Waals surface area contributed by atoms with Crippen molar-refractivity contribution in [3.05, 3.63) is 11.6 Å². The molecule has 0 saturated carbocycles. The van der Waals surface area contributed by atoms with E-state index in [0.717, 1.165) is 38.5 Å². The monoisotopic (exact) mass is 176 g/mol. The predicted molar refractivity (Wildman–Crippen MR) is 54.2 cm³/mol. The molecule has 0 heterocycles. The Morgan fingerprint density at radius 1 is 1.38 bits per heavy atom. The first-order valence-electron chi connectivity index (χ1n) is 4.95. The van der Waals surface area contributed by atoms with Crippen LogP contribution in [0.5, 0.6) is 0 Å². The second kappa shape index (κ2) is 5.59. The molecule has 1 nitrogen and oxygen atoms in total. The molecule has 0 aromatic carbocycles. The molecule has 0 aromatic rings. The number of carbonyl (C=O) groups is 1. The number of rotatable bonds is 2. The van der Waals surface area contributed by atoms with Gasteiger partial charge in [0.1, 0.15) is 0 Å². The lowest BCUT2D eigenvalue weighted by Crippen LogP contribution is -1.90. The molecule has 0 amide bonds. The molecule has 0 radical (unpaired) electrons. The standard InChI is InChI=1S/C12H16O/c1-2-3-4-7-11-8-5-6-9-12(13)10-11/h10H,4-9H2,1H3. The van der Waals surface area contributed by atoms with E-state index >= 15 is 0 Å². The predicted octanol–water partition coefficient (Wildman–Crippen LogP) is 2.86.